The molecule has 24 heavy (non-hydrogen) atoms. The summed E-state index contributed by atoms with van der Waals surface area (Å²) in [5.41, 5.74) is 0.395. The van der Waals surface area contributed by atoms with Crippen LogP contribution in [0.15, 0.2) is 4.99 Å². The SMILES string of the molecule is CN=C(NCC1(CCOC)CCC1)N1CCOC(C2CCCO2)C1. The number of hydrogen-bond acceptors (Lipinski definition) is 4. The van der Waals surface area contributed by atoms with Gasteiger partial charge in [-0.15, -0.1) is 0 Å². The average Bonchev–Trinajstić information content (AvgIpc) is 3.11. The van der Waals surface area contributed by atoms with Crippen molar-refractivity contribution in [3.8, 4) is 0 Å². The number of ether oxygens (including phenoxy) is 3. The minimum Gasteiger partial charge on any atom is -0.385 e. The lowest BCUT2D eigenvalue weighted by Gasteiger charge is -2.43. The van der Waals surface area contributed by atoms with E-state index in [-0.39, 0.29) is 12.2 Å². The van der Waals surface area contributed by atoms with Gasteiger partial charge in [-0.2, -0.15) is 0 Å². The van der Waals surface area contributed by atoms with E-state index in [9.17, 15) is 0 Å². The summed E-state index contributed by atoms with van der Waals surface area (Å²) >= 11 is 0. The maximum absolute atomic E-state index is 5.95. The molecule has 0 bridgehead atoms. The van der Waals surface area contributed by atoms with Crippen LogP contribution in [0.25, 0.3) is 0 Å². The van der Waals surface area contributed by atoms with Gasteiger partial charge in [0.1, 0.15) is 6.10 Å². The van der Waals surface area contributed by atoms with Crippen LogP contribution in [-0.2, 0) is 14.2 Å². The lowest BCUT2D eigenvalue weighted by molar-refractivity contribution is -0.0818. The molecule has 0 amide bonds. The fourth-order valence-electron chi connectivity index (χ4n) is 4.10. The highest BCUT2D eigenvalue weighted by Crippen LogP contribution is 2.43. The smallest absolute Gasteiger partial charge is 0.193 e. The Morgan fingerprint density at radius 3 is 2.71 bits per heavy atom. The van der Waals surface area contributed by atoms with Crippen molar-refractivity contribution in [2.24, 2.45) is 10.4 Å². The predicted octanol–water partition coefficient (Wildman–Crippen LogP) is 1.65. The first kappa shape index (κ1) is 18.0. The molecule has 2 unspecified atom stereocenters. The molecule has 2 saturated heterocycles. The Bertz CT molecular complexity index is 420. The van der Waals surface area contributed by atoms with Crippen LogP contribution in [0, 0.1) is 5.41 Å². The van der Waals surface area contributed by atoms with Crippen molar-refractivity contribution >= 4 is 5.96 Å². The van der Waals surface area contributed by atoms with Crippen molar-refractivity contribution in [2.45, 2.75) is 50.7 Å². The van der Waals surface area contributed by atoms with Gasteiger partial charge in [0.15, 0.2) is 5.96 Å². The number of aliphatic imine (C=N–C) groups is 1. The van der Waals surface area contributed by atoms with Crippen molar-refractivity contribution < 1.29 is 14.2 Å². The molecule has 0 radical (unpaired) electrons. The number of morpholine rings is 1. The van der Waals surface area contributed by atoms with Crippen molar-refractivity contribution in [2.75, 3.05) is 53.6 Å². The molecule has 0 aromatic carbocycles. The summed E-state index contributed by atoms with van der Waals surface area (Å²) in [5.74, 6) is 1.00. The fraction of sp³-hybridized carbons (Fsp3) is 0.944. The third-order valence-electron chi connectivity index (χ3n) is 5.86. The molecule has 6 nitrogen and oxygen atoms in total. The average molecular weight is 339 g/mol. The van der Waals surface area contributed by atoms with Gasteiger partial charge in [0.2, 0.25) is 0 Å². The normalized spacial score (nSPS) is 30.2. The molecule has 2 heterocycles. The second-order valence-corrected chi connectivity index (χ2v) is 7.40. The summed E-state index contributed by atoms with van der Waals surface area (Å²) in [7, 11) is 3.67. The largest absolute Gasteiger partial charge is 0.385 e. The third kappa shape index (κ3) is 4.21. The van der Waals surface area contributed by atoms with Crippen LogP contribution in [0.4, 0.5) is 0 Å². The molecule has 3 fully saturated rings. The van der Waals surface area contributed by atoms with Gasteiger partial charge in [-0.05, 0) is 37.5 Å². The standard InChI is InChI=1S/C18H33N3O3/c1-19-17(20-14-18(6-4-7-18)8-11-22-2)21-9-12-24-16(13-21)15-5-3-10-23-15/h15-16H,3-14H2,1-2H3,(H,19,20). The van der Waals surface area contributed by atoms with Crippen molar-refractivity contribution in [1.29, 1.82) is 0 Å². The zero-order valence-corrected chi connectivity index (χ0v) is 15.3. The van der Waals surface area contributed by atoms with Crippen LogP contribution in [-0.4, -0.2) is 76.7 Å². The minimum atomic E-state index is 0.172. The van der Waals surface area contributed by atoms with E-state index in [1.54, 1.807) is 7.11 Å². The van der Waals surface area contributed by atoms with E-state index in [1.165, 1.54) is 19.3 Å². The summed E-state index contributed by atoms with van der Waals surface area (Å²) in [6.45, 7) is 5.23. The number of nitrogens with one attached hydrogen (secondary N) is 1. The molecule has 1 N–H and O–H groups in total. The van der Waals surface area contributed by atoms with Gasteiger partial charge in [-0.25, -0.2) is 0 Å². The second-order valence-electron chi connectivity index (χ2n) is 7.40. The van der Waals surface area contributed by atoms with E-state index in [0.717, 1.165) is 64.7 Å². The highest BCUT2D eigenvalue weighted by Gasteiger charge is 2.37. The molecule has 3 aliphatic rings. The minimum absolute atomic E-state index is 0.172. The van der Waals surface area contributed by atoms with Crippen LogP contribution in [0.3, 0.4) is 0 Å². The van der Waals surface area contributed by atoms with Gasteiger partial charge in [0, 0.05) is 47.0 Å². The Hall–Kier alpha value is -0.850. The molecule has 1 saturated carbocycles. The number of nitrogens with zero attached hydrogens (tertiary/aromatic N) is 2. The van der Waals surface area contributed by atoms with Crippen molar-refractivity contribution in [3.63, 3.8) is 0 Å². The Kier molecular flexibility index (Phi) is 6.36. The quantitative estimate of drug-likeness (QED) is 0.589. The molecule has 0 aromatic rings. The summed E-state index contributed by atoms with van der Waals surface area (Å²) in [6.07, 6.45) is 7.75. The summed E-state index contributed by atoms with van der Waals surface area (Å²) in [4.78, 5) is 6.85. The first-order chi connectivity index (χ1) is 11.8. The Balaban J connectivity index is 1.51. The third-order valence-corrected chi connectivity index (χ3v) is 5.86. The van der Waals surface area contributed by atoms with Crippen LogP contribution in [0.1, 0.15) is 38.5 Å². The van der Waals surface area contributed by atoms with Crippen LogP contribution in [0.5, 0.6) is 0 Å². The van der Waals surface area contributed by atoms with E-state index in [4.69, 9.17) is 14.2 Å². The lowest BCUT2D eigenvalue weighted by Crippen LogP contribution is -2.55. The molecule has 0 aromatic heterocycles. The van der Waals surface area contributed by atoms with Crippen LogP contribution in [0.2, 0.25) is 0 Å². The molecule has 0 spiro atoms. The topological polar surface area (TPSA) is 55.3 Å². The van der Waals surface area contributed by atoms with E-state index in [2.05, 4.69) is 15.2 Å². The molecule has 1 aliphatic carbocycles. The molecule has 6 heteroatoms. The first-order valence-electron chi connectivity index (χ1n) is 9.44. The number of hydrogen-bond donors (Lipinski definition) is 1. The van der Waals surface area contributed by atoms with Crippen LogP contribution >= 0.6 is 0 Å². The van der Waals surface area contributed by atoms with Gasteiger partial charge in [-0.1, -0.05) is 6.42 Å². The number of methoxy groups -OCH3 is 1. The second kappa shape index (κ2) is 8.50. The van der Waals surface area contributed by atoms with E-state index >= 15 is 0 Å². The monoisotopic (exact) mass is 339 g/mol. The maximum Gasteiger partial charge on any atom is 0.193 e. The van der Waals surface area contributed by atoms with Crippen LogP contribution < -0.4 is 5.32 Å². The molecule has 2 atom stereocenters. The zero-order chi connectivity index (χ0) is 16.8. The summed E-state index contributed by atoms with van der Waals surface area (Å²) < 4.78 is 17.1. The molecule has 2 aliphatic heterocycles. The van der Waals surface area contributed by atoms with E-state index in [0.29, 0.717) is 5.41 Å². The van der Waals surface area contributed by atoms with E-state index in [1.807, 2.05) is 7.05 Å². The predicted molar refractivity (Wildman–Crippen MR) is 94.4 cm³/mol. The zero-order valence-electron chi connectivity index (χ0n) is 15.3. The Labute approximate surface area is 145 Å². The number of guanidine groups is 1. The highest BCUT2D eigenvalue weighted by atomic mass is 16.5. The summed E-state index contributed by atoms with van der Waals surface area (Å²) in [5, 5.41) is 3.63. The van der Waals surface area contributed by atoms with Crippen molar-refractivity contribution in [1.82, 2.24) is 10.2 Å². The molecule has 138 valence electrons. The Morgan fingerprint density at radius 1 is 1.25 bits per heavy atom. The van der Waals surface area contributed by atoms with Gasteiger partial charge >= 0.3 is 0 Å². The van der Waals surface area contributed by atoms with Gasteiger partial charge in [0.05, 0.1) is 12.7 Å². The van der Waals surface area contributed by atoms with Gasteiger partial charge in [0.25, 0.3) is 0 Å². The molecular formula is C18H33N3O3. The highest BCUT2D eigenvalue weighted by molar-refractivity contribution is 5.80. The van der Waals surface area contributed by atoms with Gasteiger partial charge in [-0.3, -0.25) is 4.99 Å². The van der Waals surface area contributed by atoms with E-state index < -0.39 is 0 Å². The fourth-order valence-corrected chi connectivity index (χ4v) is 4.10. The van der Waals surface area contributed by atoms with Gasteiger partial charge < -0.3 is 24.4 Å². The Morgan fingerprint density at radius 2 is 2.08 bits per heavy atom. The molecular weight excluding hydrogens is 306 g/mol. The number of rotatable bonds is 6. The first-order valence-corrected chi connectivity index (χ1v) is 9.44. The maximum atomic E-state index is 5.95. The lowest BCUT2D eigenvalue weighted by atomic mass is 9.67. The summed E-state index contributed by atoms with van der Waals surface area (Å²) in [6, 6.07) is 0. The molecule has 3 rings (SSSR count). The van der Waals surface area contributed by atoms with Crippen molar-refractivity contribution in [3.05, 3.63) is 0 Å².